The molecule has 1 fully saturated rings. The number of carboxylic acid groups (broad SMARTS) is 1. The normalized spacial score (nSPS) is 17.6. The zero-order valence-electron chi connectivity index (χ0n) is 18.3. The van der Waals surface area contributed by atoms with Crippen LogP contribution in [0, 0.1) is 0 Å². The number of hydrogen-bond acceptors (Lipinski definition) is 5. The number of aliphatic carboxylic acids is 1. The smallest absolute Gasteiger partial charge is 0.303 e. The molecule has 0 bridgehead atoms. The summed E-state index contributed by atoms with van der Waals surface area (Å²) >= 11 is 0. The average Bonchev–Trinajstić information content (AvgIpc) is 3.03. The summed E-state index contributed by atoms with van der Waals surface area (Å²) in [6, 6.07) is 15.6. The first-order chi connectivity index (χ1) is 15.3. The van der Waals surface area contributed by atoms with Gasteiger partial charge >= 0.3 is 5.97 Å². The molecule has 1 aliphatic heterocycles. The van der Waals surface area contributed by atoms with E-state index in [-0.39, 0.29) is 17.8 Å². The molecule has 7 heteroatoms. The van der Waals surface area contributed by atoms with Crippen molar-refractivity contribution in [2.75, 3.05) is 25.5 Å². The molecule has 1 aliphatic rings. The van der Waals surface area contributed by atoms with Crippen LogP contribution < -0.4 is 4.90 Å². The number of benzene rings is 2. The summed E-state index contributed by atoms with van der Waals surface area (Å²) in [4.78, 5) is 40.1. The lowest BCUT2D eigenvalue weighted by Gasteiger charge is -2.26. The maximum absolute atomic E-state index is 13.0. The summed E-state index contributed by atoms with van der Waals surface area (Å²) < 4.78 is 0. The molecule has 1 saturated heterocycles. The van der Waals surface area contributed by atoms with Crippen molar-refractivity contribution in [1.82, 2.24) is 4.90 Å². The lowest BCUT2D eigenvalue weighted by molar-refractivity contribution is -0.140. The van der Waals surface area contributed by atoms with Crippen molar-refractivity contribution >= 4 is 29.1 Å². The van der Waals surface area contributed by atoms with E-state index in [1.54, 1.807) is 24.3 Å². The summed E-state index contributed by atoms with van der Waals surface area (Å²) in [6.07, 6.45) is 1.77. The highest BCUT2D eigenvalue weighted by atomic mass is 16.4. The molecule has 1 heterocycles. The van der Waals surface area contributed by atoms with Crippen LogP contribution in [0.5, 0.6) is 0 Å². The lowest BCUT2D eigenvalue weighted by Crippen LogP contribution is -2.30. The Hall–Kier alpha value is -3.61. The molecule has 2 aromatic rings. The van der Waals surface area contributed by atoms with E-state index in [2.05, 4.69) is 0 Å². The summed E-state index contributed by atoms with van der Waals surface area (Å²) in [5.41, 5.74) is 2.26. The van der Waals surface area contributed by atoms with Gasteiger partial charge in [0.1, 0.15) is 5.76 Å². The molecule has 0 saturated carbocycles. The van der Waals surface area contributed by atoms with Crippen LogP contribution in [0.1, 0.15) is 42.9 Å². The summed E-state index contributed by atoms with van der Waals surface area (Å²) in [6.45, 7) is 0.301. The van der Waals surface area contributed by atoms with E-state index in [0.717, 1.165) is 11.3 Å². The highest BCUT2D eigenvalue weighted by molar-refractivity contribution is 6.46. The average molecular weight is 437 g/mol. The largest absolute Gasteiger partial charge is 0.507 e. The number of nitrogens with zero attached hydrogens (tertiary/aromatic N) is 2. The van der Waals surface area contributed by atoms with Crippen LogP contribution in [0.3, 0.4) is 0 Å². The highest BCUT2D eigenvalue weighted by Gasteiger charge is 2.45. The van der Waals surface area contributed by atoms with E-state index >= 15 is 0 Å². The van der Waals surface area contributed by atoms with Crippen LogP contribution >= 0.6 is 0 Å². The number of unbranched alkanes of at least 4 members (excludes halogenated alkanes) is 2. The molecule has 2 aromatic carbocycles. The number of ketones is 1. The number of rotatable bonds is 9. The predicted molar refractivity (Wildman–Crippen MR) is 122 cm³/mol. The molecule has 32 heavy (non-hydrogen) atoms. The van der Waals surface area contributed by atoms with Crippen molar-refractivity contribution < 1.29 is 24.6 Å². The number of hydrogen-bond donors (Lipinski definition) is 2. The van der Waals surface area contributed by atoms with Crippen LogP contribution in [0.4, 0.5) is 5.69 Å². The minimum absolute atomic E-state index is 0.0717. The number of amides is 1. The van der Waals surface area contributed by atoms with Crippen molar-refractivity contribution in [1.29, 1.82) is 0 Å². The third-order valence-electron chi connectivity index (χ3n) is 5.60. The fraction of sp³-hybridized carbons (Fsp3) is 0.320. The molecule has 2 N–H and O–H groups in total. The van der Waals surface area contributed by atoms with Gasteiger partial charge in [0.25, 0.3) is 11.7 Å². The lowest BCUT2D eigenvalue weighted by atomic mass is 9.95. The second-order valence-corrected chi connectivity index (χ2v) is 8.05. The van der Waals surface area contributed by atoms with Crippen LogP contribution in [0.2, 0.25) is 0 Å². The topological polar surface area (TPSA) is 98.2 Å². The van der Waals surface area contributed by atoms with Gasteiger partial charge in [0.15, 0.2) is 0 Å². The van der Waals surface area contributed by atoms with Crippen LogP contribution in [-0.2, 0) is 14.4 Å². The molecule has 1 atom stereocenters. The maximum atomic E-state index is 13.0. The highest BCUT2D eigenvalue weighted by Crippen LogP contribution is 2.40. The fourth-order valence-corrected chi connectivity index (χ4v) is 3.90. The first-order valence-corrected chi connectivity index (χ1v) is 10.6. The quantitative estimate of drug-likeness (QED) is 0.268. The monoisotopic (exact) mass is 436 g/mol. The van der Waals surface area contributed by atoms with E-state index in [4.69, 9.17) is 5.11 Å². The Labute approximate surface area is 187 Å². The third kappa shape index (κ3) is 4.99. The Morgan fingerprint density at radius 2 is 1.59 bits per heavy atom. The van der Waals surface area contributed by atoms with Crippen molar-refractivity contribution in [3.05, 3.63) is 71.3 Å². The zero-order valence-corrected chi connectivity index (χ0v) is 18.3. The molecule has 0 aromatic heterocycles. The van der Waals surface area contributed by atoms with Gasteiger partial charge < -0.3 is 20.0 Å². The number of aliphatic hydroxyl groups is 1. The SMILES string of the molecule is CN(C)c1ccc(C2/C(=C(/O)c3ccccc3)C(=O)C(=O)N2CCCCCC(=O)O)cc1. The Bertz CT molecular complexity index is 1010. The van der Waals surface area contributed by atoms with Crippen molar-refractivity contribution in [2.45, 2.75) is 31.7 Å². The van der Waals surface area contributed by atoms with E-state index in [1.165, 1.54) is 4.90 Å². The minimum atomic E-state index is -0.853. The third-order valence-corrected chi connectivity index (χ3v) is 5.60. The molecular formula is C25H28N2O5. The molecule has 7 nitrogen and oxygen atoms in total. The summed E-state index contributed by atoms with van der Waals surface area (Å²) in [5, 5.41) is 19.8. The van der Waals surface area contributed by atoms with E-state index in [9.17, 15) is 19.5 Å². The van der Waals surface area contributed by atoms with Crippen LogP contribution in [0.25, 0.3) is 5.76 Å². The molecular weight excluding hydrogens is 408 g/mol. The first kappa shape index (κ1) is 23.1. The molecule has 0 radical (unpaired) electrons. The Kier molecular flexibility index (Phi) is 7.30. The summed E-state index contributed by atoms with van der Waals surface area (Å²) in [7, 11) is 3.85. The number of carboxylic acids is 1. The standard InChI is InChI=1S/C25H28N2O5/c1-26(2)19-14-12-17(13-15-19)22-21(23(30)18-9-5-3-6-10-18)24(31)25(32)27(22)16-8-4-7-11-20(28)29/h3,5-6,9-10,12-15,22,30H,4,7-8,11,16H2,1-2H3,(H,28,29)/b23-21-. The Morgan fingerprint density at radius 3 is 2.19 bits per heavy atom. The van der Waals surface area contributed by atoms with Gasteiger partial charge in [-0.05, 0) is 30.5 Å². The Morgan fingerprint density at radius 1 is 0.938 bits per heavy atom. The van der Waals surface area contributed by atoms with Gasteiger partial charge in [0.2, 0.25) is 0 Å². The van der Waals surface area contributed by atoms with E-state index < -0.39 is 23.7 Å². The van der Waals surface area contributed by atoms with Gasteiger partial charge in [-0.25, -0.2) is 0 Å². The van der Waals surface area contributed by atoms with E-state index in [0.29, 0.717) is 31.4 Å². The molecule has 0 aliphatic carbocycles. The first-order valence-electron chi connectivity index (χ1n) is 10.6. The molecule has 168 valence electrons. The molecule has 1 unspecified atom stereocenters. The number of carbonyl (C=O) groups is 3. The van der Waals surface area contributed by atoms with Crippen molar-refractivity contribution in [3.63, 3.8) is 0 Å². The Balaban J connectivity index is 1.97. The second-order valence-electron chi connectivity index (χ2n) is 8.05. The van der Waals surface area contributed by atoms with Gasteiger partial charge in [-0.15, -0.1) is 0 Å². The number of anilines is 1. The van der Waals surface area contributed by atoms with Crippen molar-refractivity contribution in [3.8, 4) is 0 Å². The molecule has 0 spiro atoms. The second kappa shape index (κ2) is 10.1. The fourth-order valence-electron chi connectivity index (χ4n) is 3.90. The number of Topliss-reactive ketones (excluding diaryl/α,β-unsaturated/α-hetero) is 1. The van der Waals surface area contributed by atoms with Gasteiger partial charge in [0, 0.05) is 38.3 Å². The van der Waals surface area contributed by atoms with Crippen LogP contribution in [-0.4, -0.2) is 53.4 Å². The van der Waals surface area contributed by atoms with Gasteiger partial charge in [-0.2, -0.15) is 0 Å². The zero-order chi connectivity index (χ0) is 23.3. The molecule has 3 rings (SSSR count). The van der Waals surface area contributed by atoms with Crippen molar-refractivity contribution in [2.24, 2.45) is 0 Å². The summed E-state index contributed by atoms with van der Waals surface area (Å²) in [5.74, 6) is -2.41. The van der Waals surface area contributed by atoms with E-state index in [1.807, 2.05) is 49.3 Å². The van der Waals surface area contributed by atoms with Gasteiger partial charge in [0.05, 0.1) is 11.6 Å². The number of carbonyl (C=O) groups excluding carboxylic acids is 2. The minimum Gasteiger partial charge on any atom is -0.507 e. The van der Waals surface area contributed by atoms with Crippen LogP contribution in [0.15, 0.2) is 60.2 Å². The predicted octanol–water partition coefficient (Wildman–Crippen LogP) is 3.82. The van der Waals surface area contributed by atoms with Gasteiger partial charge in [-0.3, -0.25) is 14.4 Å². The molecule has 1 amide bonds. The van der Waals surface area contributed by atoms with Gasteiger partial charge in [-0.1, -0.05) is 48.9 Å². The maximum Gasteiger partial charge on any atom is 0.303 e. The number of likely N-dealkylation sites (tertiary alicyclic amines) is 1. The number of aliphatic hydroxyl groups excluding tert-OH is 1.